The van der Waals surface area contributed by atoms with Crippen LogP contribution in [0.25, 0.3) is 22.4 Å². The minimum absolute atomic E-state index is 0.135. The van der Waals surface area contributed by atoms with Crippen LogP contribution in [0.15, 0.2) is 42.7 Å². The van der Waals surface area contributed by atoms with Crippen LogP contribution in [0.1, 0.15) is 39.5 Å². The van der Waals surface area contributed by atoms with Crippen LogP contribution in [0.4, 0.5) is 0 Å². The predicted octanol–water partition coefficient (Wildman–Crippen LogP) is 3.68. The number of benzene rings is 1. The fourth-order valence-electron chi connectivity index (χ4n) is 4.96. The number of nitrogens with one attached hydrogen (secondary N) is 2. The number of rotatable bonds is 4. The first-order valence-corrected chi connectivity index (χ1v) is 10.0. The number of hydrogen-bond donors (Lipinski definition) is 3. The van der Waals surface area contributed by atoms with Crippen LogP contribution in [0, 0.1) is 0 Å². The van der Waals surface area contributed by atoms with Crippen molar-refractivity contribution in [3.8, 4) is 34.0 Å². The minimum Gasteiger partial charge on any atom is -0.508 e. The summed E-state index contributed by atoms with van der Waals surface area (Å²) in [4.78, 5) is 0. The van der Waals surface area contributed by atoms with Gasteiger partial charge in [-0.3, -0.25) is 5.10 Å². The lowest BCUT2D eigenvalue weighted by atomic mass is 9.86. The summed E-state index contributed by atoms with van der Waals surface area (Å²) in [5, 5.41) is 29.3. The molecule has 29 heavy (non-hydrogen) atoms. The number of H-pyrrole nitrogens is 1. The molecule has 2 bridgehead atoms. The minimum atomic E-state index is 0.135. The van der Waals surface area contributed by atoms with E-state index in [1.54, 1.807) is 18.3 Å². The highest BCUT2D eigenvalue weighted by atomic mass is 16.5. The number of aromatic hydroxyl groups is 1. The summed E-state index contributed by atoms with van der Waals surface area (Å²) in [5.74, 6) is 0.721. The molecule has 150 valence electrons. The topological polar surface area (TPSA) is 96.0 Å². The van der Waals surface area contributed by atoms with Gasteiger partial charge in [0, 0.05) is 47.3 Å². The van der Waals surface area contributed by atoms with Gasteiger partial charge >= 0.3 is 0 Å². The lowest BCUT2D eigenvalue weighted by Gasteiger charge is -2.41. The first-order chi connectivity index (χ1) is 13.9. The molecule has 2 aromatic heterocycles. The lowest BCUT2D eigenvalue weighted by molar-refractivity contribution is 0.0754. The maximum atomic E-state index is 9.97. The predicted molar refractivity (Wildman–Crippen MR) is 110 cm³/mol. The third-order valence-electron chi connectivity index (χ3n) is 6.20. The Kier molecular flexibility index (Phi) is 4.10. The van der Waals surface area contributed by atoms with Gasteiger partial charge in [-0.15, -0.1) is 10.2 Å². The van der Waals surface area contributed by atoms with Crippen molar-refractivity contribution in [2.24, 2.45) is 0 Å². The van der Waals surface area contributed by atoms with Crippen molar-refractivity contribution in [1.29, 1.82) is 0 Å². The highest BCUT2D eigenvalue weighted by Crippen LogP contribution is 2.43. The van der Waals surface area contributed by atoms with Gasteiger partial charge < -0.3 is 15.2 Å². The van der Waals surface area contributed by atoms with Crippen molar-refractivity contribution >= 4 is 0 Å². The summed E-state index contributed by atoms with van der Waals surface area (Å²) in [6.45, 7) is 4.56. The number of fused-ring (bicyclic) bond motifs is 2. The van der Waals surface area contributed by atoms with Crippen molar-refractivity contribution in [2.75, 3.05) is 0 Å². The summed E-state index contributed by atoms with van der Waals surface area (Å²) >= 11 is 0. The normalized spacial score (nSPS) is 28.4. The van der Waals surface area contributed by atoms with Crippen molar-refractivity contribution < 1.29 is 9.84 Å². The van der Waals surface area contributed by atoms with E-state index < -0.39 is 0 Å². The second-order valence-corrected chi connectivity index (χ2v) is 8.87. The van der Waals surface area contributed by atoms with Crippen LogP contribution in [0.2, 0.25) is 0 Å². The van der Waals surface area contributed by atoms with Crippen molar-refractivity contribution in [2.45, 2.75) is 56.7 Å². The lowest BCUT2D eigenvalue weighted by Crippen LogP contribution is -2.56. The molecule has 0 saturated carbocycles. The fourth-order valence-corrected chi connectivity index (χ4v) is 4.96. The number of ether oxygens (including phenoxy) is 1. The van der Waals surface area contributed by atoms with E-state index in [1.165, 1.54) is 12.8 Å². The molecule has 0 spiro atoms. The van der Waals surface area contributed by atoms with Crippen LogP contribution >= 0.6 is 0 Å². The zero-order valence-corrected chi connectivity index (χ0v) is 16.6. The standard InChI is InChI=1S/C22H25N5O2/c1-21-7-8-22(2,27-21)11-16(10-21)29-20-6-5-19(25-26-20)18-9-15(28)3-4-17(18)14-12-23-24-13-14/h3-6,9,12-13,16,27-28H,7-8,10-11H2,1-2H3,(H,23,24)/t16-,21-,22+. The zero-order valence-electron chi connectivity index (χ0n) is 16.6. The molecule has 3 aromatic rings. The van der Waals surface area contributed by atoms with E-state index in [-0.39, 0.29) is 22.9 Å². The maximum absolute atomic E-state index is 9.97. The molecule has 0 unspecified atom stereocenters. The van der Waals surface area contributed by atoms with Gasteiger partial charge in [0.05, 0.1) is 11.9 Å². The van der Waals surface area contributed by atoms with Gasteiger partial charge in [0.2, 0.25) is 5.88 Å². The Morgan fingerprint density at radius 3 is 2.48 bits per heavy atom. The van der Waals surface area contributed by atoms with Crippen LogP contribution < -0.4 is 10.1 Å². The van der Waals surface area contributed by atoms with Crippen LogP contribution in [-0.4, -0.2) is 42.7 Å². The Labute approximate surface area is 169 Å². The second kappa shape index (κ2) is 6.56. The Bertz CT molecular complexity index is 1000. The van der Waals surface area contributed by atoms with Crippen molar-refractivity contribution in [3.05, 3.63) is 42.7 Å². The fraction of sp³-hybridized carbons (Fsp3) is 0.409. The molecule has 3 atom stereocenters. The molecule has 3 N–H and O–H groups in total. The Hall–Kier alpha value is -2.93. The van der Waals surface area contributed by atoms with E-state index in [1.807, 2.05) is 24.4 Å². The largest absolute Gasteiger partial charge is 0.508 e. The summed E-state index contributed by atoms with van der Waals surface area (Å²) in [7, 11) is 0. The zero-order chi connectivity index (χ0) is 20.1. The van der Waals surface area contributed by atoms with Crippen LogP contribution in [-0.2, 0) is 0 Å². The smallest absolute Gasteiger partial charge is 0.233 e. The summed E-state index contributed by atoms with van der Waals surface area (Å²) in [6.07, 6.45) is 8.01. The highest BCUT2D eigenvalue weighted by molar-refractivity contribution is 5.82. The number of hydrogen-bond acceptors (Lipinski definition) is 6. The molecule has 2 fully saturated rings. The highest BCUT2D eigenvalue weighted by Gasteiger charge is 2.49. The number of phenols is 1. The monoisotopic (exact) mass is 391 g/mol. The number of phenolic OH excluding ortho intramolecular Hbond substituents is 1. The molecule has 7 nitrogen and oxygen atoms in total. The molecule has 7 heteroatoms. The average molecular weight is 391 g/mol. The van der Waals surface area contributed by atoms with Gasteiger partial charge in [-0.2, -0.15) is 5.10 Å². The Balaban J connectivity index is 1.38. The average Bonchev–Trinajstić information content (AvgIpc) is 3.28. The molecule has 2 aliphatic heterocycles. The van der Waals surface area contributed by atoms with Crippen molar-refractivity contribution in [1.82, 2.24) is 25.7 Å². The first kappa shape index (κ1) is 18.1. The molecular weight excluding hydrogens is 366 g/mol. The van der Waals surface area contributed by atoms with Gasteiger partial charge in [0.1, 0.15) is 11.9 Å². The summed E-state index contributed by atoms with van der Waals surface area (Å²) < 4.78 is 6.21. The van der Waals surface area contributed by atoms with Gasteiger partial charge in [-0.1, -0.05) is 0 Å². The van der Waals surface area contributed by atoms with E-state index >= 15 is 0 Å². The van der Waals surface area contributed by atoms with Crippen LogP contribution in [0.3, 0.4) is 0 Å². The second-order valence-electron chi connectivity index (χ2n) is 8.87. The van der Waals surface area contributed by atoms with E-state index in [2.05, 4.69) is 39.6 Å². The third-order valence-corrected chi connectivity index (χ3v) is 6.20. The van der Waals surface area contributed by atoms with Crippen LogP contribution in [0.5, 0.6) is 11.6 Å². The number of aromatic nitrogens is 4. The van der Waals surface area contributed by atoms with E-state index in [4.69, 9.17) is 4.74 Å². The van der Waals surface area contributed by atoms with Gasteiger partial charge in [0.15, 0.2) is 0 Å². The Morgan fingerprint density at radius 1 is 1.03 bits per heavy atom. The Morgan fingerprint density at radius 2 is 1.83 bits per heavy atom. The third kappa shape index (κ3) is 3.46. The molecule has 4 heterocycles. The molecular formula is C22H25N5O2. The first-order valence-electron chi connectivity index (χ1n) is 10.0. The van der Waals surface area contributed by atoms with Gasteiger partial charge in [-0.25, -0.2) is 0 Å². The van der Waals surface area contributed by atoms with E-state index in [0.717, 1.165) is 29.5 Å². The number of nitrogens with zero attached hydrogens (tertiary/aromatic N) is 3. The molecule has 0 radical (unpaired) electrons. The molecule has 1 aromatic carbocycles. The summed E-state index contributed by atoms with van der Waals surface area (Å²) in [6, 6.07) is 8.95. The van der Waals surface area contributed by atoms with E-state index in [9.17, 15) is 5.11 Å². The molecule has 2 saturated heterocycles. The van der Waals surface area contributed by atoms with Gasteiger partial charge in [0.25, 0.3) is 0 Å². The molecule has 0 amide bonds. The summed E-state index contributed by atoms with van der Waals surface area (Å²) in [5.41, 5.74) is 3.61. The molecule has 0 aliphatic carbocycles. The number of piperidine rings is 1. The quantitative estimate of drug-likeness (QED) is 0.628. The number of aromatic amines is 1. The SMILES string of the molecule is C[C@]12CC[C@](C)(C[C@@H](Oc3ccc(-c4cc(O)ccc4-c4cn[nH]c4)nn3)C1)N2. The van der Waals surface area contributed by atoms with Gasteiger partial charge in [-0.05, 0) is 56.5 Å². The molecule has 2 aliphatic rings. The molecule has 5 rings (SSSR count). The maximum Gasteiger partial charge on any atom is 0.233 e. The van der Waals surface area contributed by atoms with E-state index in [0.29, 0.717) is 11.6 Å². The van der Waals surface area contributed by atoms with Crippen molar-refractivity contribution in [3.63, 3.8) is 0 Å².